The van der Waals surface area contributed by atoms with Crippen LogP contribution >= 0.6 is 0 Å². The number of aldehydes is 1. The van der Waals surface area contributed by atoms with Gasteiger partial charge >= 0.3 is 0 Å². The number of piperidine rings is 1. The van der Waals surface area contributed by atoms with Crippen LogP contribution < -0.4 is 16.1 Å². The molecule has 0 radical (unpaired) electrons. The molecule has 1 unspecified atom stereocenters. The number of nitrogens with one attached hydrogen (secondary N) is 1. The number of carbonyl (C=O) groups is 3. The fourth-order valence-corrected chi connectivity index (χ4v) is 3.41. The molecule has 1 aromatic carbocycles. The van der Waals surface area contributed by atoms with Crippen molar-refractivity contribution in [3.05, 3.63) is 29.3 Å². The lowest BCUT2D eigenvalue weighted by Crippen LogP contribution is -2.54. The van der Waals surface area contributed by atoms with Crippen molar-refractivity contribution in [3.8, 4) is 0 Å². The first kappa shape index (κ1) is 18.5. The van der Waals surface area contributed by atoms with Crippen molar-refractivity contribution in [1.82, 2.24) is 15.2 Å². The molecule has 26 heavy (non-hydrogen) atoms. The fourth-order valence-electron chi connectivity index (χ4n) is 3.41. The Kier molecular flexibility index (Phi) is 5.65. The number of hydrogen-bond donors (Lipinski definition) is 2. The highest BCUT2D eigenvalue weighted by molar-refractivity contribution is 6.00. The fraction of sp³-hybridized carbons (Fsp3) is 0.500. The minimum Gasteiger partial charge on any atom is -0.369 e. The second-order valence-electron chi connectivity index (χ2n) is 6.93. The molecule has 140 valence electrons. The summed E-state index contributed by atoms with van der Waals surface area (Å²) >= 11 is 0. The number of nitrogens with two attached hydrogens (primary N) is 1. The van der Waals surface area contributed by atoms with E-state index in [-0.39, 0.29) is 24.8 Å². The number of imide groups is 1. The number of hydrogen-bond acceptors (Lipinski definition) is 7. The quantitative estimate of drug-likeness (QED) is 0.323. The molecule has 2 amide bonds. The topological polar surface area (TPSA) is 99.0 Å². The van der Waals surface area contributed by atoms with Crippen LogP contribution in [0.25, 0.3) is 0 Å². The van der Waals surface area contributed by atoms with Crippen LogP contribution in [0.2, 0.25) is 0 Å². The van der Waals surface area contributed by atoms with Gasteiger partial charge in [-0.1, -0.05) is 0 Å². The molecule has 0 aromatic heterocycles. The molecule has 1 atom stereocenters. The molecule has 0 saturated carbocycles. The van der Waals surface area contributed by atoms with E-state index in [0.717, 1.165) is 43.7 Å². The van der Waals surface area contributed by atoms with E-state index in [0.29, 0.717) is 12.0 Å². The van der Waals surface area contributed by atoms with Crippen LogP contribution in [0.15, 0.2) is 18.2 Å². The predicted octanol–water partition coefficient (Wildman–Crippen LogP) is -0.268. The summed E-state index contributed by atoms with van der Waals surface area (Å²) < 4.78 is 0. The summed E-state index contributed by atoms with van der Waals surface area (Å²) in [6.07, 6.45) is 1.46. The van der Waals surface area contributed by atoms with Crippen LogP contribution in [0.5, 0.6) is 0 Å². The number of piperazine rings is 1. The van der Waals surface area contributed by atoms with E-state index in [1.807, 2.05) is 12.1 Å². The van der Waals surface area contributed by atoms with E-state index in [2.05, 4.69) is 22.2 Å². The van der Waals surface area contributed by atoms with Gasteiger partial charge in [0.15, 0.2) is 0 Å². The first-order valence-corrected chi connectivity index (χ1v) is 8.84. The summed E-state index contributed by atoms with van der Waals surface area (Å²) in [5.74, 6) is 5.46. The molecule has 2 heterocycles. The highest BCUT2D eigenvalue weighted by Gasteiger charge is 2.30. The molecule has 2 fully saturated rings. The van der Waals surface area contributed by atoms with Crippen molar-refractivity contribution in [2.75, 3.05) is 38.1 Å². The largest absolute Gasteiger partial charge is 0.369 e. The number of likely N-dealkylation sites (N-methyl/N-ethyl adjacent to an activating group) is 1. The van der Waals surface area contributed by atoms with E-state index in [1.165, 1.54) is 5.01 Å². The van der Waals surface area contributed by atoms with Gasteiger partial charge in [-0.15, -0.1) is 0 Å². The molecule has 2 saturated heterocycles. The molecule has 0 aliphatic carbocycles. The normalized spacial score (nSPS) is 21.8. The summed E-state index contributed by atoms with van der Waals surface area (Å²) in [5.41, 5.74) is 2.39. The van der Waals surface area contributed by atoms with Gasteiger partial charge in [0.1, 0.15) is 12.3 Å². The number of rotatable bonds is 5. The average molecular weight is 359 g/mol. The van der Waals surface area contributed by atoms with Crippen molar-refractivity contribution in [2.24, 2.45) is 5.84 Å². The van der Waals surface area contributed by atoms with Gasteiger partial charge in [-0.25, -0.2) is 5.01 Å². The smallest absolute Gasteiger partial charge is 0.245 e. The number of anilines is 1. The van der Waals surface area contributed by atoms with E-state index < -0.39 is 6.04 Å². The highest BCUT2D eigenvalue weighted by Crippen LogP contribution is 2.22. The number of hydrazine groups is 1. The van der Waals surface area contributed by atoms with Gasteiger partial charge in [-0.05, 0) is 37.2 Å². The molecule has 3 N–H and O–H groups in total. The van der Waals surface area contributed by atoms with Crippen LogP contribution in [0, 0.1) is 0 Å². The summed E-state index contributed by atoms with van der Waals surface area (Å²) in [6, 6.07) is 5.15. The van der Waals surface area contributed by atoms with Gasteiger partial charge in [-0.2, -0.15) is 0 Å². The highest BCUT2D eigenvalue weighted by atomic mass is 16.2. The monoisotopic (exact) mass is 359 g/mol. The van der Waals surface area contributed by atoms with Crippen LogP contribution in [0.4, 0.5) is 5.69 Å². The SMILES string of the molecule is CN1CCN(c2ccc(C=O)c(CN(N)C3CCC(=O)NC3=O)c2)CC1. The van der Waals surface area contributed by atoms with E-state index >= 15 is 0 Å². The Morgan fingerprint density at radius 3 is 2.65 bits per heavy atom. The lowest BCUT2D eigenvalue weighted by atomic mass is 10.0. The summed E-state index contributed by atoms with van der Waals surface area (Å²) in [7, 11) is 2.10. The zero-order valence-corrected chi connectivity index (χ0v) is 15.0. The minimum absolute atomic E-state index is 0.266. The van der Waals surface area contributed by atoms with Crippen molar-refractivity contribution < 1.29 is 14.4 Å². The minimum atomic E-state index is -0.570. The molecule has 2 aliphatic rings. The average Bonchev–Trinajstić information content (AvgIpc) is 2.62. The maximum absolute atomic E-state index is 12.0. The van der Waals surface area contributed by atoms with Crippen LogP contribution in [-0.2, 0) is 16.1 Å². The molecule has 0 spiro atoms. The zero-order chi connectivity index (χ0) is 18.7. The molecule has 3 rings (SSSR count). The van der Waals surface area contributed by atoms with E-state index in [9.17, 15) is 14.4 Å². The third-order valence-electron chi connectivity index (χ3n) is 5.09. The van der Waals surface area contributed by atoms with Crippen LogP contribution in [0.3, 0.4) is 0 Å². The third kappa shape index (κ3) is 4.09. The first-order chi connectivity index (χ1) is 12.5. The summed E-state index contributed by atoms with van der Waals surface area (Å²) in [6.45, 7) is 4.10. The molecule has 8 heteroatoms. The van der Waals surface area contributed by atoms with E-state index in [1.54, 1.807) is 6.07 Å². The number of nitrogens with zero attached hydrogens (tertiary/aromatic N) is 3. The first-order valence-electron chi connectivity index (χ1n) is 8.84. The van der Waals surface area contributed by atoms with E-state index in [4.69, 9.17) is 5.84 Å². The summed E-state index contributed by atoms with van der Waals surface area (Å²) in [4.78, 5) is 39.3. The van der Waals surface area contributed by atoms with Crippen LogP contribution in [-0.4, -0.2) is 67.3 Å². The standard InChI is InChI=1S/C18H25N5O3/c1-21-6-8-22(9-7-21)15-3-2-13(12-24)14(10-15)11-23(19)16-4-5-17(25)20-18(16)26/h2-3,10,12,16H,4-9,11,19H2,1H3,(H,20,25,26). The Morgan fingerprint density at radius 1 is 1.27 bits per heavy atom. The van der Waals surface area contributed by atoms with Gasteiger partial charge < -0.3 is 9.80 Å². The van der Waals surface area contributed by atoms with Crippen molar-refractivity contribution in [2.45, 2.75) is 25.4 Å². The van der Waals surface area contributed by atoms with Crippen LogP contribution in [0.1, 0.15) is 28.8 Å². The second-order valence-corrected chi connectivity index (χ2v) is 6.93. The molecular weight excluding hydrogens is 334 g/mol. The Morgan fingerprint density at radius 2 is 2.00 bits per heavy atom. The number of carbonyl (C=O) groups excluding carboxylic acids is 3. The summed E-state index contributed by atoms with van der Waals surface area (Å²) in [5, 5.41) is 3.72. The van der Waals surface area contributed by atoms with Crippen molar-refractivity contribution in [1.29, 1.82) is 0 Å². The van der Waals surface area contributed by atoms with Crippen molar-refractivity contribution in [3.63, 3.8) is 0 Å². The number of amides is 2. The molecule has 8 nitrogen and oxygen atoms in total. The maximum Gasteiger partial charge on any atom is 0.245 e. The maximum atomic E-state index is 12.0. The lowest BCUT2D eigenvalue weighted by molar-refractivity contribution is -0.137. The Bertz CT molecular complexity index is 700. The van der Waals surface area contributed by atoms with Gasteiger partial charge in [0.25, 0.3) is 0 Å². The second kappa shape index (κ2) is 7.94. The van der Waals surface area contributed by atoms with Gasteiger partial charge in [0.2, 0.25) is 11.8 Å². The molecular formula is C18H25N5O3. The third-order valence-corrected chi connectivity index (χ3v) is 5.09. The zero-order valence-electron chi connectivity index (χ0n) is 15.0. The molecule has 1 aromatic rings. The number of benzene rings is 1. The lowest BCUT2D eigenvalue weighted by Gasteiger charge is -2.34. The predicted molar refractivity (Wildman–Crippen MR) is 97.4 cm³/mol. The Labute approximate surface area is 152 Å². The molecule has 0 bridgehead atoms. The van der Waals surface area contributed by atoms with Gasteiger partial charge in [0.05, 0.1) is 0 Å². The van der Waals surface area contributed by atoms with Crippen molar-refractivity contribution >= 4 is 23.8 Å². The Balaban J connectivity index is 1.75. The Hall–Kier alpha value is -2.29. The van der Waals surface area contributed by atoms with Gasteiger partial charge in [0, 0.05) is 50.4 Å². The molecule has 2 aliphatic heterocycles. The van der Waals surface area contributed by atoms with Gasteiger partial charge in [-0.3, -0.25) is 25.5 Å².